The van der Waals surface area contributed by atoms with E-state index in [1.807, 2.05) is 6.92 Å². The van der Waals surface area contributed by atoms with Gasteiger partial charge in [-0.2, -0.15) is 0 Å². The summed E-state index contributed by atoms with van der Waals surface area (Å²) >= 11 is 0. The predicted molar refractivity (Wildman–Crippen MR) is 43.6 cm³/mol. The highest BCUT2D eigenvalue weighted by atomic mass is 16.5. The molecule has 66 valence electrons. The van der Waals surface area contributed by atoms with Crippen LogP contribution >= 0.6 is 0 Å². The lowest BCUT2D eigenvalue weighted by Crippen LogP contribution is -2.22. The van der Waals surface area contributed by atoms with Crippen molar-refractivity contribution in [2.45, 2.75) is 32.8 Å². The topological polar surface area (TPSA) is 43.4 Å². The SMILES string of the molecule is CC(=O)O[C@H]1CCC(=O)C=C1C. The first-order chi connectivity index (χ1) is 5.59. The molecule has 0 heterocycles. The molecule has 0 aromatic rings. The Balaban J connectivity index is 2.62. The summed E-state index contributed by atoms with van der Waals surface area (Å²) in [6.45, 7) is 3.19. The van der Waals surface area contributed by atoms with Crippen molar-refractivity contribution in [2.24, 2.45) is 0 Å². The number of esters is 1. The lowest BCUT2D eigenvalue weighted by Gasteiger charge is -2.20. The summed E-state index contributed by atoms with van der Waals surface area (Å²) in [4.78, 5) is 21.5. The summed E-state index contributed by atoms with van der Waals surface area (Å²) in [5.41, 5.74) is 0.849. The molecule has 3 heteroatoms. The number of ether oxygens (including phenoxy) is 1. The number of carbonyl (C=O) groups excluding carboxylic acids is 2. The van der Waals surface area contributed by atoms with Gasteiger partial charge in [-0.3, -0.25) is 9.59 Å². The molecule has 0 radical (unpaired) electrons. The molecular formula is C9H12O3. The van der Waals surface area contributed by atoms with Crippen LogP contribution in [0, 0.1) is 0 Å². The number of ketones is 1. The van der Waals surface area contributed by atoms with Crippen molar-refractivity contribution in [1.82, 2.24) is 0 Å². The van der Waals surface area contributed by atoms with Gasteiger partial charge >= 0.3 is 5.97 Å². The second-order valence-electron chi connectivity index (χ2n) is 2.99. The molecule has 1 rings (SSSR count). The molecule has 0 spiro atoms. The highest BCUT2D eigenvalue weighted by Gasteiger charge is 2.20. The number of hydrogen-bond acceptors (Lipinski definition) is 3. The van der Waals surface area contributed by atoms with Crippen LogP contribution < -0.4 is 0 Å². The molecule has 0 aromatic heterocycles. The van der Waals surface area contributed by atoms with Gasteiger partial charge in [-0.15, -0.1) is 0 Å². The van der Waals surface area contributed by atoms with Gasteiger partial charge in [-0.1, -0.05) is 0 Å². The fraction of sp³-hybridized carbons (Fsp3) is 0.556. The zero-order valence-electron chi connectivity index (χ0n) is 7.29. The Morgan fingerprint density at radius 1 is 1.67 bits per heavy atom. The summed E-state index contributed by atoms with van der Waals surface area (Å²) in [5, 5.41) is 0. The van der Waals surface area contributed by atoms with Crippen molar-refractivity contribution < 1.29 is 14.3 Å². The maximum Gasteiger partial charge on any atom is 0.303 e. The fourth-order valence-electron chi connectivity index (χ4n) is 1.27. The highest BCUT2D eigenvalue weighted by molar-refractivity contribution is 5.91. The van der Waals surface area contributed by atoms with E-state index < -0.39 is 0 Å². The number of hydrogen-bond donors (Lipinski definition) is 0. The van der Waals surface area contributed by atoms with Gasteiger partial charge in [-0.25, -0.2) is 0 Å². The zero-order valence-corrected chi connectivity index (χ0v) is 7.29. The average Bonchev–Trinajstić information content (AvgIpc) is 1.94. The van der Waals surface area contributed by atoms with Gasteiger partial charge in [0.15, 0.2) is 5.78 Å². The monoisotopic (exact) mass is 168 g/mol. The second kappa shape index (κ2) is 3.52. The third-order valence-electron chi connectivity index (χ3n) is 1.86. The normalized spacial score (nSPS) is 23.3. The molecule has 1 aliphatic rings. The molecule has 0 saturated carbocycles. The van der Waals surface area contributed by atoms with Crippen molar-refractivity contribution in [3.63, 3.8) is 0 Å². The van der Waals surface area contributed by atoms with Crippen LogP contribution in [0.3, 0.4) is 0 Å². The first kappa shape index (κ1) is 8.97. The third kappa shape index (κ3) is 2.19. The van der Waals surface area contributed by atoms with E-state index in [2.05, 4.69) is 0 Å². The summed E-state index contributed by atoms with van der Waals surface area (Å²) in [7, 11) is 0. The molecule has 0 saturated heterocycles. The molecule has 0 aliphatic heterocycles. The van der Waals surface area contributed by atoms with Crippen molar-refractivity contribution in [1.29, 1.82) is 0 Å². The van der Waals surface area contributed by atoms with Gasteiger partial charge in [0.25, 0.3) is 0 Å². The van der Waals surface area contributed by atoms with Gasteiger partial charge in [0.1, 0.15) is 6.10 Å². The molecule has 0 N–H and O–H groups in total. The van der Waals surface area contributed by atoms with E-state index in [1.54, 1.807) is 6.08 Å². The van der Waals surface area contributed by atoms with Crippen LogP contribution in [0.4, 0.5) is 0 Å². The fourth-order valence-corrected chi connectivity index (χ4v) is 1.27. The first-order valence-corrected chi connectivity index (χ1v) is 3.98. The molecule has 0 aromatic carbocycles. The molecule has 1 atom stereocenters. The third-order valence-corrected chi connectivity index (χ3v) is 1.86. The maximum atomic E-state index is 10.9. The Morgan fingerprint density at radius 3 is 2.83 bits per heavy atom. The minimum absolute atomic E-state index is 0.121. The van der Waals surface area contributed by atoms with E-state index in [0.717, 1.165) is 5.57 Å². The quantitative estimate of drug-likeness (QED) is 0.553. The van der Waals surface area contributed by atoms with Gasteiger partial charge in [0, 0.05) is 13.3 Å². The van der Waals surface area contributed by atoms with Crippen molar-refractivity contribution in [3.8, 4) is 0 Å². The molecule has 1 aliphatic carbocycles. The van der Waals surface area contributed by atoms with E-state index in [1.165, 1.54) is 6.92 Å². The van der Waals surface area contributed by atoms with E-state index >= 15 is 0 Å². The number of rotatable bonds is 1. The van der Waals surface area contributed by atoms with Crippen LogP contribution in [0.1, 0.15) is 26.7 Å². The Hall–Kier alpha value is -1.12. The van der Waals surface area contributed by atoms with E-state index in [0.29, 0.717) is 12.8 Å². The smallest absolute Gasteiger partial charge is 0.303 e. The molecule has 12 heavy (non-hydrogen) atoms. The van der Waals surface area contributed by atoms with Crippen LogP contribution in [0.5, 0.6) is 0 Å². The minimum Gasteiger partial charge on any atom is -0.458 e. The Bertz CT molecular complexity index is 240. The largest absolute Gasteiger partial charge is 0.458 e. The molecular weight excluding hydrogens is 156 g/mol. The van der Waals surface area contributed by atoms with Crippen molar-refractivity contribution in [2.75, 3.05) is 0 Å². The maximum absolute atomic E-state index is 10.9. The zero-order chi connectivity index (χ0) is 9.14. The molecule has 0 fully saturated rings. The van der Waals surface area contributed by atoms with Crippen molar-refractivity contribution >= 4 is 11.8 Å². The standard InChI is InChI=1S/C9H12O3/c1-6-5-8(11)3-4-9(6)12-7(2)10/h5,9H,3-4H2,1-2H3/t9-/m0/s1. The molecule has 0 bridgehead atoms. The summed E-state index contributed by atoms with van der Waals surface area (Å²) < 4.78 is 4.99. The predicted octanol–water partition coefficient (Wildman–Crippen LogP) is 1.23. The Kier molecular flexibility index (Phi) is 2.63. The summed E-state index contributed by atoms with van der Waals surface area (Å²) in [6, 6.07) is 0. The van der Waals surface area contributed by atoms with Gasteiger partial charge in [-0.05, 0) is 25.0 Å². The highest BCUT2D eigenvalue weighted by Crippen LogP contribution is 2.18. The summed E-state index contributed by atoms with van der Waals surface area (Å²) in [6.07, 6.45) is 2.48. The van der Waals surface area contributed by atoms with Crippen LogP contribution in [0.2, 0.25) is 0 Å². The van der Waals surface area contributed by atoms with Gasteiger partial charge in [0.05, 0.1) is 0 Å². The van der Waals surface area contributed by atoms with Gasteiger partial charge < -0.3 is 4.74 Å². The van der Waals surface area contributed by atoms with Gasteiger partial charge in [0.2, 0.25) is 0 Å². The summed E-state index contributed by atoms with van der Waals surface area (Å²) in [5.74, 6) is -0.169. The van der Waals surface area contributed by atoms with Crippen LogP contribution in [-0.2, 0) is 14.3 Å². The van der Waals surface area contributed by atoms with E-state index in [-0.39, 0.29) is 17.9 Å². The molecule has 3 nitrogen and oxygen atoms in total. The van der Waals surface area contributed by atoms with Crippen LogP contribution in [0.25, 0.3) is 0 Å². The lowest BCUT2D eigenvalue weighted by molar-refractivity contribution is -0.145. The molecule has 0 unspecified atom stereocenters. The Labute approximate surface area is 71.4 Å². The van der Waals surface area contributed by atoms with Crippen LogP contribution in [-0.4, -0.2) is 17.9 Å². The minimum atomic E-state index is -0.290. The number of carbonyl (C=O) groups is 2. The average molecular weight is 168 g/mol. The van der Waals surface area contributed by atoms with E-state index in [9.17, 15) is 9.59 Å². The van der Waals surface area contributed by atoms with Crippen molar-refractivity contribution in [3.05, 3.63) is 11.6 Å². The number of allylic oxidation sites excluding steroid dienone is 1. The Morgan fingerprint density at radius 2 is 2.33 bits per heavy atom. The van der Waals surface area contributed by atoms with Crippen LogP contribution in [0.15, 0.2) is 11.6 Å². The second-order valence-corrected chi connectivity index (χ2v) is 2.99. The first-order valence-electron chi connectivity index (χ1n) is 3.98. The lowest BCUT2D eigenvalue weighted by atomic mass is 9.97. The van der Waals surface area contributed by atoms with E-state index in [4.69, 9.17) is 4.74 Å². The molecule has 0 amide bonds.